The summed E-state index contributed by atoms with van der Waals surface area (Å²) in [6.45, 7) is 0.578. The normalized spacial score (nSPS) is 17.0. The van der Waals surface area contributed by atoms with Crippen molar-refractivity contribution < 1.29 is 4.74 Å². The zero-order chi connectivity index (χ0) is 14.2. The minimum absolute atomic E-state index is 0.142. The summed E-state index contributed by atoms with van der Waals surface area (Å²) >= 11 is 0. The molecule has 0 amide bonds. The molecule has 1 unspecified atom stereocenters. The second-order valence-electron chi connectivity index (χ2n) is 5.14. The van der Waals surface area contributed by atoms with Crippen molar-refractivity contribution in [2.24, 2.45) is 0 Å². The van der Waals surface area contributed by atoms with Crippen LogP contribution in [0.1, 0.15) is 22.9 Å². The average molecular weight is 276 g/mol. The molecule has 1 aliphatic rings. The van der Waals surface area contributed by atoms with Crippen molar-refractivity contribution >= 4 is 5.65 Å². The van der Waals surface area contributed by atoms with Gasteiger partial charge < -0.3 is 4.74 Å². The number of hydrogen-bond donors (Lipinski definition) is 0. The summed E-state index contributed by atoms with van der Waals surface area (Å²) in [6, 6.07) is 13.8. The number of rotatable bonds is 1. The van der Waals surface area contributed by atoms with Gasteiger partial charge >= 0.3 is 0 Å². The third-order valence-corrected chi connectivity index (χ3v) is 3.80. The molecule has 2 aromatic heterocycles. The summed E-state index contributed by atoms with van der Waals surface area (Å²) in [7, 11) is 0. The highest BCUT2D eigenvalue weighted by Gasteiger charge is 2.25. The van der Waals surface area contributed by atoms with Crippen LogP contribution in [0, 0.1) is 11.3 Å². The highest BCUT2D eigenvalue weighted by atomic mass is 16.5. The molecule has 0 bridgehead atoms. The van der Waals surface area contributed by atoms with Crippen molar-refractivity contribution in [3.8, 4) is 11.8 Å². The van der Waals surface area contributed by atoms with Crippen LogP contribution in [0.2, 0.25) is 0 Å². The lowest BCUT2D eigenvalue weighted by Crippen LogP contribution is -2.21. The van der Waals surface area contributed by atoms with Gasteiger partial charge in [0.25, 0.3) is 0 Å². The Labute approximate surface area is 121 Å². The summed E-state index contributed by atoms with van der Waals surface area (Å²) in [4.78, 5) is 0. The first-order valence-electron chi connectivity index (χ1n) is 6.80. The number of pyridine rings is 1. The molecule has 102 valence electrons. The number of nitrogens with zero attached hydrogens (tertiary/aromatic N) is 4. The van der Waals surface area contributed by atoms with Crippen molar-refractivity contribution in [3.63, 3.8) is 0 Å². The first kappa shape index (κ1) is 11.9. The first-order chi connectivity index (χ1) is 10.3. The van der Waals surface area contributed by atoms with Crippen LogP contribution in [0.3, 0.4) is 0 Å². The fourth-order valence-electron chi connectivity index (χ4n) is 2.75. The van der Waals surface area contributed by atoms with E-state index in [4.69, 9.17) is 10.00 Å². The fourth-order valence-corrected chi connectivity index (χ4v) is 2.75. The lowest BCUT2D eigenvalue weighted by Gasteiger charge is -2.24. The Balaban J connectivity index is 1.76. The molecule has 5 nitrogen and oxygen atoms in total. The molecule has 0 N–H and O–H groups in total. The Bertz CT molecular complexity index is 862. The quantitative estimate of drug-likeness (QED) is 0.684. The SMILES string of the molecule is N#Cc1ccc2nnc(C3COc4ccccc4C3)n2c1. The number of hydrogen-bond acceptors (Lipinski definition) is 4. The maximum absolute atomic E-state index is 9.04. The molecular weight excluding hydrogens is 264 g/mol. The number of benzene rings is 1. The molecule has 5 heteroatoms. The molecule has 0 spiro atoms. The van der Waals surface area contributed by atoms with Gasteiger partial charge in [-0.1, -0.05) is 18.2 Å². The molecule has 1 atom stereocenters. The van der Waals surface area contributed by atoms with Gasteiger partial charge in [0.2, 0.25) is 0 Å². The van der Waals surface area contributed by atoms with Gasteiger partial charge in [0.1, 0.15) is 17.6 Å². The zero-order valence-corrected chi connectivity index (χ0v) is 11.2. The van der Waals surface area contributed by atoms with Crippen molar-refractivity contribution in [2.75, 3.05) is 6.61 Å². The Morgan fingerprint density at radius 3 is 3.00 bits per heavy atom. The van der Waals surface area contributed by atoms with Gasteiger partial charge in [-0.15, -0.1) is 10.2 Å². The number of nitriles is 1. The van der Waals surface area contributed by atoms with Gasteiger partial charge in [0.05, 0.1) is 18.1 Å². The summed E-state index contributed by atoms with van der Waals surface area (Å²) in [6.07, 6.45) is 2.65. The van der Waals surface area contributed by atoms with E-state index in [2.05, 4.69) is 22.3 Å². The van der Waals surface area contributed by atoms with Crippen LogP contribution in [0.25, 0.3) is 5.65 Å². The smallest absolute Gasteiger partial charge is 0.160 e. The van der Waals surface area contributed by atoms with Crippen LogP contribution >= 0.6 is 0 Å². The Morgan fingerprint density at radius 2 is 2.10 bits per heavy atom. The predicted molar refractivity (Wildman–Crippen MR) is 76.1 cm³/mol. The average Bonchev–Trinajstić information content (AvgIpc) is 2.97. The molecule has 1 aromatic carbocycles. The van der Waals surface area contributed by atoms with Gasteiger partial charge in [-0.05, 0) is 30.2 Å². The minimum atomic E-state index is 0.142. The second kappa shape index (κ2) is 4.60. The van der Waals surface area contributed by atoms with Crippen LogP contribution < -0.4 is 4.74 Å². The minimum Gasteiger partial charge on any atom is -0.493 e. The van der Waals surface area contributed by atoms with Gasteiger partial charge in [0, 0.05) is 6.20 Å². The highest BCUT2D eigenvalue weighted by molar-refractivity contribution is 5.44. The molecule has 4 rings (SSSR count). The van der Waals surface area contributed by atoms with Gasteiger partial charge in [-0.2, -0.15) is 5.26 Å². The van der Waals surface area contributed by atoms with E-state index >= 15 is 0 Å². The summed E-state index contributed by atoms with van der Waals surface area (Å²) in [5.74, 6) is 1.93. The summed E-state index contributed by atoms with van der Waals surface area (Å²) < 4.78 is 7.71. The Kier molecular flexibility index (Phi) is 2.61. The standard InChI is InChI=1S/C16H12N4O/c17-8-11-5-6-15-18-19-16(20(15)9-11)13-7-12-3-1-2-4-14(12)21-10-13/h1-6,9,13H,7,10H2. The zero-order valence-electron chi connectivity index (χ0n) is 11.2. The molecular formula is C16H12N4O. The van der Waals surface area contributed by atoms with Crippen molar-refractivity contribution in [3.05, 3.63) is 59.5 Å². The second-order valence-corrected chi connectivity index (χ2v) is 5.14. The number of para-hydroxylation sites is 1. The molecule has 0 saturated heterocycles. The van der Waals surface area contributed by atoms with E-state index in [0.29, 0.717) is 12.2 Å². The van der Waals surface area contributed by atoms with Crippen molar-refractivity contribution in [2.45, 2.75) is 12.3 Å². The van der Waals surface area contributed by atoms with Gasteiger partial charge in [0.15, 0.2) is 5.65 Å². The maximum Gasteiger partial charge on any atom is 0.160 e. The van der Waals surface area contributed by atoms with Crippen LogP contribution in [-0.2, 0) is 6.42 Å². The topological polar surface area (TPSA) is 63.2 Å². The van der Waals surface area contributed by atoms with E-state index in [-0.39, 0.29) is 5.92 Å². The molecule has 0 saturated carbocycles. The lowest BCUT2D eigenvalue weighted by molar-refractivity contribution is 0.257. The monoisotopic (exact) mass is 276 g/mol. The third-order valence-electron chi connectivity index (χ3n) is 3.80. The summed E-state index contributed by atoms with van der Waals surface area (Å²) in [5, 5.41) is 17.5. The van der Waals surface area contributed by atoms with E-state index in [1.165, 1.54) is 5.56 Å². The molecule has 3 heterocycles. The molecule has 0 radical (unpaired) electrons. The lowest BCUT2D eigenvalue weighted by atomic mass is 9.96. The molecule has 1 aliphatic heterocycles. The summed E-state index contributed by atoms with van der Waals surface area (Å²) in [5.41, 5.74) is 2.53. The van der Waals surface area contributed by atoms with Crippen molar-refractivity contribution in [1.29, 1.82) is 5.26 Å². The van der Waals surface area contributed by atoms with Gasteiger partial charge in [-0.3, -0.25) is 4.40 Å². The highest BCUT2D eigenvalue weighted by Crippen LogP contribution is 2.31. The first-order valence-corrected chi connectivity index (χ1v) is 6.80. The van der Waals surface area contributed by atoms with E-state index < -0.39 is 0 Å². The largest absolute Gasteiger partial charge is 0.493 e. The maximum atomic E-state index is 9.04. The Morgan fingerprint density at radius 1 is 1.19 bits per heavy atom. The van der Waals surface area contributed by atoms with Crippen molar-refractivity contribution in [1.82, 2.24) is 14.6 Å². The number of aromatic nitrogens is 3. The molecule has 0 fully saturated rings. The third kappa shape index (κ3) is 1.93. The number of fused-ring (bicyclic) bond motifs is 2. The predicted octanol–water partition coefficient (Wildman–Crippen LogP) is 2.32. The van der Waals surface area contributed by atoms with E-state index in [1.807, 2.05) is 28.7 Å². The molecule has 21 heavy (non-hydrogen) atoms. The van der Waals surface area contributed by atoms with E-state index in [9.17, 15) is 0 Å². The molecule has 0 aliphatic carbocycles. The van der Waals surface area contributed by atoms with Crippen LogP contribution in [0.5, 0.6) is 5.75 Å². The van der Waals surface area contributed by atoms with Crippen LogP contribution in [-0.4, -0.2) is 21.2 Å². The molecule has 3 aromatic rings. The van der Waals surface area contributed by atoms with Gasteiger partial charge in [-0.25, -0.2) is 0 Å². The Hall–Kier alpha value is -2.87. The van der Waals surface area contributed by atoms with Crippen LogP contribution in [0.15, 0.2) is 42.6 Å². The fraction of sp³-hybridized carbons (Fsp3) is 0.188. The number of ether oxygens (including phenoxy) is 1. The van der Waals surface area contributed by atoms with Crippen LogP contribution in [0.4, 0.5) is 0 Å². The van der Waals surface area contributed by atoms with E-state index in [0.717, 1.165) is 23.6 Å². The van der Waals surface area contributed by atoms with E-state index in [1.54, 1.807) is 12.3 Å².